The van der Waals surface area contributed by atoms with Crippen LogP contribution in [0.2, 0.25) is 0 Å². The largest absolute Gasteiger partial charge is 0.469 e. The van der Waals surface area contributed by atoms with Crippen LogP contribution in [-0.2, 0) is 30.8 Å². The Kier molecular flexibility index (Phi) is 6.86. The first-order chi connectivity index (χ1) is 12.7. The highest BCUT2D eigenvalue weighted by molar-refractivity contribution is 7.92. The maximum absolute atomic E-state index is 12.9. The number of nitrogens with zero attached hydrogens (tertiary/aromatic N) is 2. The van der Waals surface area contributed by atoms with E-state index in [2.05, 4.69) is 0 Å². The molecule has 0 aliphatic carbocycles. The van der Waals surface area contributed by atoms with Crippen molar-refractivity contribution in [1.82, 2.24) is 4.90 Å². The highest BCUT2D eigenvalue weighted by atomic mass is 32.2. The minimum Gasteiger partial charge on any atom is -0.469 e. The summed E-state index contributed by atoms with van der Waals surface area (Å²) in [6, 6.07) is 6.33. The molecule has 27 heavy (non-hydrogen) atoms. The third-order valence-electron chi connectivity index (χ3n) is 5.01. The fraction of sp³-hybridized carbons (Fsp3) is 0.579. The quantitative estimate of drug-likeness (QED) is 0.685. The number of hydrogen-bond acceptors (Lipinski definition) is 5. The van der Waals surface area contributed by atoms with Gasteiger partial charge in [0.2, 0.25) is 15.9 Å². The van der Waals surface area contributed by atoms with Gasteiger partial charge in [-0.3, -0.25) is 13.9 Å². The molecule has 1 fully saturated rings. The average molecular weight is 397 g/mol. The van der Waals surface area contributed by atoms with E-state index in [1.54, 1.807) is 24.0 Å². The average Bonchev–Trinajstić information content (AvgIpc) is 2.66. The number of aryl methyl sites for hydroxylation is 1. The minimum absolute atomic E-state index is 0.207. The summed E-state index contributed by atoms with van der Waals surface area (Å²) in [7, 11) is -2.28. The van der Waals surface area contributed by atoms with E-state index >= 15 is 0 Å². The highest BCUT2D eigenvalue weighted by Crippen LogP contribution is 2.25. The number of ether oxygens (including phenoxy) is 1. The summed E-state index contributed by atoms with van der Waals surface area (Å²) in [5.41, 5.74) is 1.57. The molecular formula is C19H28N2O5S. The Morgan fingerprint density at radius 2 is 1.78 bits per heavy atom. The van der Waals surface area contributed by atoms with E-state index in [4.69, 9.17) is 4.74 Å². The van der Waals surface area contributed by atoms with Gasteiger partial charge in [-0.1, -0.05) is 19.1 Å². The molecule has 0 saturated carbocycles. The molecule has 150 valence electrons. The first-order valence-corrected chi connectivity index (χ1v) is 11.0. The van der Waals surface area contributed by atoms with Crippen LogP contribution in [0.5, 0.6) is 0 Å². The number of hydrogen-bond donors (Lipinski definition) is 0. The molecule has 1 heterocycles. The molecule has 2 rings (SSSR count). The molecule has 1 aromatic carbocycles. The Hall–Kier alpha value is -2.09. The van der Waals surface area contributed by atoms with E-state index in [0.29, 0.717) is 31.6 Å². The number of esters is 1. The summed E-state index contributed by atoms with van der Waals surface area (Å²) >= 11 is 0. The van der Waals surface area contributed by atoms with Crippen molar-refractivity contribution in [2.75, 3.05) is 30.8 Å². The fourth-order valence-corrected chi connectivity index (χ4v) is 4.62. The number of anilines is 1. The van der Waals surface area contributed by atoms with Gasteiger partial charge in [-0.05, 0) is 43.9 Å². The molecule has 0 unspecified atom stereocenters. The Bertz CT molecular complexity index is 768. The molecule has 7 nitrogen and oxygen atoms in total. The van der Waals surface area contributed by atoms with E-state index in [1.165, 1.54) is 11.4 Å². The molecule has 0 radical (unpaired) electrons. The smallest absolute Gasteiger partial charge is 0.308 e. The summed E-state index contributed by atoms with van der Waals surface area (Å²) in [5, 5.41) is 0. The number of methoxy groups -OCH3 is 1. The summed E-state index contributed by atoms with van der Waals surface area (Å²) in [4.78, 5) is 26.2. The van der Waals surface area contributed by atoms with Crippen LogP contribution in [-0.4, -0.2) is 57.7 Å². The van der Waals surface area contributed by atoms with Gasteiger partial charge in [-0.2, -0.15) is 0 Å². The molecule has 1 atom stereocenters. The fourth-order valence-electron chi connectivity index (χ4n) is 3.45. The van der Waals surface area contributed by atoms with Gasteiger partial charge in [0.25, 0.3) is 0 Å². The van der Waals surface area contributed by atoms with Crippen LogP contribution in [0.4, 0.5) is 5.69 Å². The third-order valence-corrected chi connectivity index (χ3v) is 6.25. The van der Waals surface area contributed by atoms with Gasteiger partial charge >= 0.3 is 5.97 Å². The molecule has 0 N–H and O–H groups in total. The summed E-state index contributed by atoms with van der Waals surface area (Å²) < 4.78 is 30.7. The lowest BCUT2D eigenvalue weighted by atomic mass is 9.96. The number of amides is 1. The van der Waals surface area contributed by atoms with Crippen molar-refractivity contribution in [1.29, 1.82) is 0 Å². The second-order valence-corrected chi connectivity index (χ2v) is 8.74. The van der Waals surface area contributed by atoms with E-state index in [1.807, 2.05) is 19.1 Å². The molecule has 1 aliphatic rings. The van der Waals surface area contributed by atoms with E-state index in [0.717, 1.165) is 18.2 Å². The lowest BCUT2D eigenvalue weighted by Crippen LogP contribution is -2.51. The predicted octanol–water partition coefficient (Wildman–Crippen LogP) is 1.82. The van der Waals surface area contributed by atoms with Crippen LogP contribution in [0.25, 0.3) is 0 Å². The van der Waals surface area contributed by atoms with Crippen molar-refractivity contribution < 1.29 is 22.7 Å². The van der Waals surface area contributed by atoms with Crippen molar-refractivity contribution in [3.8, 4) is 0 Å². The zero-order chi connectivity index (χ0) is 20.2. The molecular weight excluding hydrogens is 368 g/mol. The van der Waals surface area contributed by atoms with Gasteiger partial charge in [0.15, 0.2) is 0 Å². The number of carbonyl (C=O) groups is 2. The zero-order valence-corrected chi connectivity index (χ0v) is 17.2. The van der Waals surface area contributed by atoms with E-state index in [-0.39, 0.29) is 17.8 Å². The SMILES string of the molecule is CCc1ccc(N([C@H](C)C(=O)N2CCC(C(=O)OC)CC2)S(C)(=O)=O)cc1. The monoisotopic (exact) mass is 396 g/mol. The minimum atomic E-state index is -3.64. The molecule has 1 saturated heterocycles. The molecule has 8 heteroatoms. The Morgan fingerprint density at radius 3 is 2.22 bits per heavy atom. The normalized spacial score (nSPS) is 16.7. The van der Waals surface area contributed by atoms with Crippen molar-refractivity contribution in [3.63, 3.8) is 0 Å². The Balaban J connectivity index is 2.17. The van der Waals surface area contributed by atoms with E-state index < -0.39 is 16.1 Å². The van der Waals surface area contributed by atoms with Crippen LogP contribution in [0, 0.1) is 5.92 Å². The van der Waals surface area contributed by atoms with E-state index in [9.17, 15) is 18.0 Å². The standard InChI is InChI=1S/C19H28N2O5S/c1-5-15-6-8-17(9-7-15)21(27(4,24)25)14(2)18(22)20-12-10-16(11-13-20)19(23)26-3/h6-9,14,16H,5,10-13H2,1-4H3/t14-/m1/s1. The zero-order valence-electron chi connectivity index (χ0n) is 16.3. The number of likely N-dealkylation sites (tertiary alicyclic amines) is 1. The van der Waals surface area contributed by atoms with Gasteiger partial charge in [0.1, 0.15) is 6.04 Å². The topological polar surface area (TPSA) is 84.0 Å². The van der Waals surface area contributed by atoms with Gasteiger partial charge in [-0.15, -0.1) is 0 Å². The van der Waals surface area contributed by atoms with Crippen LogP contribution in [0.1, 0.15) is 32.3 Å². The molecule has 1 amide bonds. The Morgan fingerprint density at radius 1 is 1.22 bits per heavy atom. The third kappa shape index (κ3) is 5.00. The number of sulfonamides is 1. The number of carbonyl (C=O) groups excluding carboxylic acids is 2. The van der Waals surface area contributed by atoms with Crippen LogP contribution >= 0.6 is 0 Å². The second kappa shape index (κ2) is 8.73. The van der Waals surface area contributed by atoms with Crippen LogP contribution in [0.3, 0.4) is 0 Å². The predicted molar refractivity (Wildman–Crippen MR) is 104 cm³/mol. The van der Waals surface area contributed by atoms with Crippen LogP contribution in [0.15, 0.2) is 24.3 Å². The molecule has 0 spiro atoms. The van der Waals surface area contributed by atoms with Crippen molar-refractivity contribution >= 4 is 27.6 Å². The highest BCUT2D eigenvalue weighted by Gasteiger charge is 2.35. The van der Waals surface area contributed by atoms with Gasteiger partial charge in [0, 0.05) is 13.1 Å². The first kappa shape index (κ1) is 21.2. The number of piperidine rings is 1. The summed E-state index contributed by atoms with van der Waals surface area (Å²) in [6.45, 7) is 4.45. The summed E-state index contributed by atoms with van der Waals surface area (Å²) in [6.07, 6.45) is 3.00. The van der Waals surface area contributed by atoms with Crippen molar-refractivity contribution in [2.45, 2.75) is 39.2 Å². The summed E-state index contributed by atoms with van der Waals surface area (Å²) in [5.74, 6) is -0.728. The molecule has 0 bridgehead atoms. The molecule has 0 aromatic heterocycles. The Labute approximate surface area is 161 Å². The second-order valence-electron chi connectivity index (χ2n) is 6.88. The lowest BCUT2D eigenvalue weighted by molar-refractivity contribution is -0.149. The molecule has 1 aromatic rings. The van der Waals surface area contributed by atoms with Crippen LogP contribution < -0.4 is 4.31 Å². The van der Waals surface area contributed by atoms with Crippen molar-refractivity contribution in [3.05, 3.63) is 29.8 Å². The van der Waals surface area contributed by atoms with Crippen molar-refractivity contribution in [2.24, 2.45) is 5.92 Å². The number of rotatable bonds is 6. The first-order valence-electron chi connectivity index (χ1n) is 9.14. The maximum atomic E-state index is 12.9. The van der Waals surface area contributed by atoms with Gasteiger partial charge in [0.05, 0.1) is 25.0 Å². The maximum Gasteiger partial charge on any atom is 0.308 e. The van der Waals surface area contributed by atoms with Gasteiger partial charge < -0.3 is 9.64 Å². The number of benzene rings is 1. The lowest BCUT2D eigenvalue weighted by Gasteiger charge is -2.36. The molecule has 1 aliphatic heterocycles. The van der Waals surface area contributed by atoms with Gasteiger partial charge in [-0.25, -0.2) is 8.42 Å².